The largest absolute Gasteiger partial charge is 0.382 e. The molecule has 8 nitrogen and oxygen atoms in total. The molecule has 2 rings (SSSR count). The van der Waals surface area contributed by atoms with E-state index in [-0.39, 0.29) is 24.9 Å². The second-order valence-electron chi connectivity index (χ2n) is 4.10. The minimum Gasteiger partial charge on any atom is -0.382 e. The summed E-state index contributed by atoms with van der Waals surface area (Å²) in [7, 11) is 7.53. The van der Waals surface area contributed by atoms with Gasteiger partial charge in [0.25, 0.3) is 0 Å². The van der Waals surface area contributed by atoms with E-state index in [2.05, 4.69) is 20.3 Å². The molecule has 18 heavy (non-hydrogen) atoms. The summed E-state index contributed by atoms with van der Waals surface area (Å²) >= 11 is 0. The highest BCUT2D eigenvalue weighted by Crippen LogP contribution is 2.24. The molecule has 0 saturated carbocycles. The topological polar surface area (TPSA) is 97.9 Å². The zero-order valence-corrected chi connectivity index (χ0v) is 10.0. The first-order valence-electron chi connectivity index (χ1n) is 5.57. The van der Waals surface area contributed by atoms with E-state index in [0.717, 1.165) is 5.69 Å². The Hall–Kier alpha value is -1.57. The predicted molar refractivity (Wildman–Crippen MR) is 62.6 cm³/mol. The van der Waals surface area contributed by atoms with Crippen LogP contribution in [0.25, 0.3) is 10.4 Å². The van der Waals surface area contributed by atoms with Crippen LogP contribution < -0.4 is 0 Å². The quantitative estimate of drug-likeness (QED) is 0.323. The number of aromatic nitrogens is 3. The van der Waals surface area contributed by atoms with Gasteiger partial charge in [0.05, 0.1) is 17.9 Å². The molecule has 0 amide bonds. The minimum atomic E-state index is -0.359. The Bertz CT molecular complexity index is 446. The van der Waals surface area contributed by atoms with Gasteiger partial charge >= 0.3 is 0 Å². The van der Waals surface area contributed by atoms with Crippen molar-refractivity contribution < 1.29 is 9.47 Å². The van der Waals surface area contributed by atoms with Crippen LogP contribution in [0.1, 0.15) is 12.1 Å². The molecular weight excluding hydrogens is 235 g/mol. The average Bonchev–Trinajstić information content (AvgIpc) is 2.87. The number of hydrogen-bond donors (Lipinski definition) is 0. The van der Waals surface area contributed by atoms with E-state index < -0.39 is 0 Å². The molecule has 94 valence electrons. The third-order valence-corrected chi connectivity index (χ3v) is 2.70. The van der Waals surface area contributed by atoms with Crippen molar-refractivity contribution in [2.75, 3.05) is 6.73 Å². The van der Waals surface area contributed by atoms with Gasteiger partial charge < -0.3 is 9.47 Å². The number of nitrogens with zero attached hydrogens (tertiary/aromatic N) is 6. The maximum absolute atomic E-state index is 8.20. The lowest BCUT2D eigenvalue weighted by molar-refractivity contribution is -0.0103. The fraction of sp³-hybridized carbons (Fsp3) is 0.778. The second kappa shape index (κ2) is 5.86. The lowest BCUT2D eigenvalue weighted by atomic mass is 9.95. The van der Waals surface area contributed by atoms with Crippen LogP contribution in [-0.4, -0.2) is 47.8 Å². The molecule has 2 radical (unpaired) electrons. The second-order valence-corrected chi connectivity index (χ2v) is 4.10. The van der Waals surface area contributed by atoms with Crippen LogP contribution >= 0.6 is 0 Å². The number of rotatable bonds is 5. The molecular formula is C9H13BN6O2. The van der Waals surface area contributed by atoms with E-state index in [0.29, 0.717) is 12.8 Å². The highest BCUT2D eigenvalue weighted by atomic mass is 16.6. The summed E-state index contributed by atoms with van der Waals surface area (Å²) in [5.74, 6) is 0. The van der Waals surface area contributed by atoms with Gasteiger partial charge in [-0.3, -0.25) is 4.68 Å². The van der Waals surface area contributed by atoms with Crippen LogP contribution in [0.2, 0.25) is 0 Å². The molecule has 0 aromatic carbocycles. The summed E-state index contributed by atoms with van der Waals surface area (Å²) in [5, 5.41) is 11.2. The molecule has 0 N–H and O–H groups in total. The molecule has 1 aliphatic rings. The molecule has 9 heteroatoms. The van der Waals surface area contributed by atoms with Gasteiger partial charge in [-0.1, -0.05) is 10.3 Å². The van der Waals surface area contributed by atoms with Gasteiger partial charge in [-0.25, -0.2) is 0 Å². The van der Waals surface area contributed by atoms with Crippen molar-refractivity contribution in [3.8, 4) is 0 Å². The average molecular weight is 248 g/mol. The lowest BCUT2D eigenvalue weighted by Gasteiger charge is -2.16. The first-order valence-corrected chi connectivity index (χ1v) is 5.57. The van der Waals surface area contributed by atoms with Gasteiger partial charge in [0.2, 0.25) is 0 Å². The minimum absolute atomic E-state index is 0.0196. The van der Waals surface area contributed by atoms with Gasteiger partial charge in [0.15, 0.2) is 0 Å². The molecule has 3 unspecified atom stereocenters. The van der Waals surface area contributed by atoms with Gasteiger partial charge in [0, 0.05) is 30.6 Å². The van der Waals surface area contributed by atoms with Crippen molar-refractivity contribution in [3.63, 3.8) is 0 Å². The first-order chi connectivity index (χ1) is 8.69. The maximum Gasteiger partial charge on any atom is 0.126 e. The van der Waals surface area contributed by atoms with E-state index in [1.165, 1.54) is 0 Å². The summed E-state index contributed by atoms with van der Waals surface area (Å²) in [4.78, 5) is 2.63. The summed E-state index contributed by atoms with van der Waals surface area (Å²) in [6.07, 6.45) is 2.59. The van der Waals surface area contributed by atoms with Crippen molar-refractivity contribution in [1.82, 2.24) is 15.0 Å². The molecule has 3 atom stereocenters. The number of hydrogen-bond acceptors (Lipinski definition) is 5. The van der Waals surface area contributed by atoms with Crippen LogP contribution in [0.15, 0.2) is 11.3 Å². The Morgan fingerprint density at radius 1 is 1.78 bits per heavy atom. The molecule has 1 aromatic heterocycles. The van der Waals surface area contributed by atoms with E-state index in [1.807, 2.05) is 6.20 Å². The Kier molecular flexibility index (Phi) is 4.19. The van der Waals surface area contributed by atoms with E-state index in [4.69, 9.17) is 22.9 Å². The normalized spacial score (nSPS) is 27.1. The molecule has 1 aliphatic heterocycles. The van der Waals surface area contributed by atoms with Crippen LogP contribution in [0.3, 0.4) is 0 Å². The molecule has 1 saturated heterocycles. The Balaban J connectivity index is 1.94. The van der Waals surface area contributed by atoms with E-state index >= 15 is 0 Å². The van der Waals surface area contributed by atoms with Crippen LogP contribution in [0.5, 0.6) is 0 Å². The van der Waals surface area contributed by atoms with E-state index in [9.17, 15) is 0 Å². The smallest absolute Gasteiger partial charge is 0.126 e. The molecule has 0 aliphatic carbocycles. The van der Waals surface area contributed by atoms with Gasteiger partial charge in [0.1, 0.15) is 14.6 Å². The Morgan fingerprint density at radius 3 is 3.28 bits per heavy atom. The third kappa shape index (κ3) is 3.22. The third-order valence-electron chi connectivity index (χ3n) is 2.70. The summed E-state index contributed by atoms with van der Waals surface area (Å²) in [5.41, 5.74) is 9.01. The standard InChI is InChI=1S/C9H13BN6O2/c1-16-4-6(13-15-16)2-8-7(3-9(10)18-8)17-5-12-14-11/h4,7-9H,2-3,5H2,1H3. The monoisotopic (exact) mass is 248 g/mol. The number of aryl methyl sites for hydroxylation is 1. The number of ether oxygens (including phenoxy) is 2. The Morgan fingerprint density at radius 2 is 2.61 bits per heavy atom. The van der Waals surface area contributed by atoms with Gasteiger partial charge in [-0.2, -0.15) is 0 Å². The molecule has 1 aromatic rings. The van der Waals surface area contributed by atoms with Crippen molar-refractivity contribution in [3.05, 3.63) is 22.3 Å². The molecule has 0 spiro atoms. The summed E-state index contributed by atoms with van der Waals surface area (Å²) in [6.45, 7) is -0.0196. The maximum atomic E-state index is 8.20. The van der Waals surface area contributed by atoms with Crippen LogP contribution in [-0.2, 0) is 22.9 Å². The fourth-order valence-electron chi connectivity index (χ4n) is 1.95. The van der Waals surface area contributed by atoms with Crippen LogP contribution in [0.4, 0.5) is 0 Å². The van der Waals surface area contributed by atoms with E-state index in [1.54, 1.807) is 11.7 Å². The zero-order valence-electron chi connectivity index (χ0n) is 10.0. The van der Waals surface area contributed by atoms with Crippen LogP contribution in [0, 0.1) is 0 Å². The van der Waals surface area contributed by atoms with Crippen molar-refractivity contribution in [2.45, 2.75) is 31.1 Å². The predicted octanol–water partition coefficient (Wildman–Crippen LogP) is 0.294. The first kappa shape index (κ1) is 12.9. The summed E-state index contributed by atoms with van der Waals surface area (Å²) in [6, 6.07) is -0.359. The van der Waals surface area contributed by atoms with Gasteiger partial charge in [-0.05, 0) is 12.0 Å². The van der Waals surface area contributed by atoms with Crippen molar-refractivity contribution in [2.24, 2.45) is 12.2 Å². The SMILES string of the molecule is [B]C1CC(OCN=[N+]=[N-])C(Cc2cn(C)nn2)O1. The number of azide groups is 1. The fourth-order valence-corrected chi connectivity index (χ4v) is 1.95. The van der Waals surface area contributed by atoms with Crippen molar-refractivity contribution >= 4 is 7.85 Å². The molecule has 1 fully saturated rings. The molecule has 2 heterocycles. The molecule has 0 bridgehead atoms. The van der Waals surface area contributed by atoms with Crippen molar-refractivity contribution in [1.29, 1.82) is 0 Å². The lowest BCUT2D eigenvalue weighted by Crippen LogP contribution is -2.27. The van der Waals surface area contributed by atoms with Gasteiger partial charge in [-0.15, -0.1) is 5.10 Å². The Labute approximate surface area is 105 Å². The zero-order chi connectivity index (χ0) is 13.0. The summed E-state index contributed by atoms with van der Waals surface area (Å²) < 4.78 is 12.6. The highest BCUT2D eigenvalue weighted by Gasteiger charge is 2.33. The highest BCUT2D eigenvalue weighted by molar-refractivity contribution is 6.11.